The maximum absolute atomic E-state index is 12.7. The molecule has 0 radical (unpaired) electrons. The molecule has 0 bridgehead atoms. The Bertz CT molecular complexity index is 485. The molecule has 1 aromatic heterocycles. The van der Waals surface area contributed by atoms with E-state index in [9.17, 15) is 4.79 Å². The van der Waals surface area contributed by atoms with Crippen LogP contribution in [0, 0.1) is 0 Å². The molecule has 0 spiro atoms. The van der Waals surface area contributed by atoms with Crippen molar-refractivity contribution in [2.75, 3.05) is 24.7 Å². The van der Waals surface area contributed by atoms with Crippen molar-refractivity contribution in [2.24, 2.45) is 0 Å². The summed E-state index contributed by atoms with van der Waals surface area (Å²) in [5, 5.41) is 0. The number of aromatic nitrogens is 1. The predicted octanol–water partition coefficient (Wildman–Crippen LogP) is 2.92. The number of ether oxygens (including phenoxy) is 1. The van der Waals surface area contributed by atoms with Gasteiger partial charge in [-0.1, -0.05) is 6.07 Å². The molecule has 2 unspecified atom stereocenters. The third-order valence-corrected chi connectivity index (χ3v) is 5.79. The molecule has 4 nitrogen and oxygen atoms in total. The lowest BCUT2D eigenvalue weighted by molar-refractivity contribution is -0.134. The van der Waals surface area contributed by atoms with Crippen LogP contribution < -0.4 is 0 Å². The first-order valence-electron chi connectivity index (χ1n) is 8.71. The molecule has 2 atom stereocenters. The lowest BCUT2D eigenvalue weighted by Crippen LogP contribution is -2.44. The Kier molecular flexibility index (Phi) is 6.34. The highest BCUT2D eigenvalue weighted by Gasteiger charge is 2.30. The standard InChI is InChI=1S/C18H26N2O2S/c21-18(8-3-6-15-5-1-2-10-19-15)20(16-9-12-23-14-16)13-17-7-4-11-22-17/h1-2,5,10,16-17H,3-4,6-9,11-14H2. The van der Waals surface area contributed by atoms with Crippen molar-refractivity contribution >= 4 is 17.7 Å². The average molecular weight is 334 g/mol. The summed E-state index contributed by atoms with van der Waals surface area (Å²) >= 11 is 1.96. The van der Waals surface area contributed by atoms with Gasteiger partial charge in [0.15, 0.2) is 0 Å². The summed E-state index contributed by atoms with van der Waals surface area (Å²) in [4.78, 5) is 19.2. The number of carbonyl (C=O) groups excluding carboxylic acids is 1. The summed E-state index contributed by atoms with van der Waals surface area (Å²) in [5.74, 6) is 2.55. The van der Waals surface area contributed by atoms with Gasteiger partial charge in [-0.05, 0) is 50.0 Å². The van der Waals surface area contributed by atoms with Gasteiger partial charge in [-0.25, -0.2) is 0 Å². The van der Waals surface area contributed by atoms with Gasteiger partial charge in [-0.2, -0.15) is 11.8 Å². The molecule has 0 N–H and O–H groups in total. The SMILES string of the molecule is O=C(CCCc1ccccn1)N(CC1CCCO1)C1CCSC1. The van der Waals surface area contributed by atoms with Crippen LogP contribution in [-0.4, -0.2) is 52.6 Å². The Morgan fingerprint density at radius 2 is 2.35 bits per heavy atom. The fraction of sp³-hybridized carbons (Fsp3) is 0.667. The smallest absolute Gasteiger partial charge is 0.222 e. The number of thioether (sulfide) groups is 1. The molecule has 0 aromatic carbocycles. The van der Waals surface area contributed by atoms with Crippen LogP contribution in [0.15, 0.2) is 24.4 Å². The largest absolute Gasteiger partial charge is 0.376 e. The Hall–Kier alpha value is -1.07. The number of amides is 1. The lowest BCUT2D eigenvalue weighted by Gasteiger charge is -2.31. The minimum Gasteiger partial charge on any atom is -0.376 e. The van der Waals surface area contributed by atoms with E-state index in [0.29, 0.717) is 18.4 Å². The monoisotopic (exact) mass is 334 g/mol. The Morgan fingerprint density at radius 1 is 1.39 bits per heavy atom. The van der Waals surface area contributed by atoms with Crippen molar-refractivity contribution in [3.63, 3.8) is 0 Å². The molecule has 1 amide bonds. The number of rotatable bonds is 7. The molecule has 2 aliphatic heterocycles. The van der Waals surface area contributed by atoms with E-state index < -0.39 is 0 Å². The molecule has 1 aromatic rings. The molecule has 23 heavy (non-hydrogen) atoms. The molecule has 2 fully saturated rings. The van der Waals surface area contributed by atoms with E-state index in [1.807, 2.05) is 36.2 Å². The molecular formula is C18H26N2O2S. The quantitative estimate of drug-likeness (QED) is 0.769. The van der Waals surface area contributed by atoms with Crippen molar-refractivity contribution in [1.29, 1.82) is 0 Å². The third kappa shape index (κ3) is 4.95. The summed E-state index contributed by atoms with van der Waals surface area (Å²) in [6, 6.07) is 6.37. The van der Waals surface area contributed by atoms with Gasteiger partial charge in [-0.15, -0.1) is 0 Å². The van der Waals surface area contributed by atoms with E-state index in [1.54, 1.807) is 0 Å². The summed E-state index contributed by atoms with van der Waals surface area (Å²) in [6.07, 6.45) is 7.78. The van der Waals surface area contributed by atoms with E-state index in [0.717, 1.165) is 56.7 Å². The van der Waals surface area contributed by atoms with Gasteiger partial charge in [0, 0.05) is 43.3 Å². The fourth-order valence-electron chi connectivity index (χ4n) is 3.34. The van der Waals surface area contributed by atoms with Gasteiger partial charge in [0.05, 0.1) is 6.10 Å². The Labute approximate surface area is 143 Å². The van der Waals surface area contributed by atoms with Gasteiger partial charge in [0.25, 0.3) is 0 Å². The number of hydrogen-bond acceptors (Lipinski definition) is 4. The lowest BCUT2D eigenvalue weighted by atomic mass is 10.1. The highest BCUT2D eigenvalue weighted by Crippen LogP contribution is 2.25. The number of aryl methyl sites for hydroxylation is 1. The maximum Gasteiger partial charge on any atom is 0.222 e. The second-order valence-electron chi connectivity index (χ2n) is 6.37. The minimum absolute atomic E-state index is 0.250. The average Bonchev–Trinajstić information content (AvgIpc) is 3.27. The zero-order chi connectivity index (χ0) is 15.9. The van der Waals surface area contributed by atoms with Crippen LogP contribution in [0.1, 0.15) is 37.8 Å². The molecule has 3 rings (SSSR count). The van der Waals surface area contributed by atoms with Crippen LogP contribution in [0.4, 0.5) is 0 Å². The first kappa shape index (κ1) is 16.8. The maximum atomic E-state index is 12.7. The molecule has 5 heteroatoms. The fourth-order valence-corrected chi connectivity index (χ4v) is 4.56. The van der Waals surface area contributed by atoms with E-state index in [1.165, 1.54) is 5.75 Å². The molecule has 3 heterocycles. The first-order chi connectivity index (χ1) is 11.3. The van der Waals surface area contributed by atoms with Gasteiger partial charge >= 0.3 is 0 Å². The second-order valence-corrected chi connectivity index (χ2v) is 7.52. The number of carbonyl (C=O) groups is 1. The van der Waals surface area contributed by atoms with Crippen LogP contribution in [0.5, 0.6) is 0 Å². The van der Waals surface area contributed by atoms with Gasteiger partial charge in [0.2, 0.25) is 5.91 Å². The van der Waals surface area contributed by atoms with Crippen molar-refractivity contribution in [2.45, 2.75) is 50.7 Å². The van der Waals surface area contributed by atoms with Gasteiger partial charge < -0.3 is 9.64 Å². The number of hydrogen-bond donors (Lipinski definition) is 0. The Morgan fingerprint density at radius 3 is 3.04 bits per heavy atom. The molecular weight excluding hydrogens is 308 g/mol. The third-order valence-electron chi connectivity index (χ3n) is 4.64. The summed E-state index contributed by atoms with van der Waals surface area (Å²) in [5.41, 5.74) is 1.07. The molecule has 2 saturated heterocycles. The number of pyridine rings is 1. The van der Waals surface area contributed by atoms with Crippen LogP contribution in [-0.2, 0) is 16.0 Å². The zero-order valence-electron chi connectivity index (χ0n) is 13.7. The Balaban J connectivity index is 1.51. The normalized spacial score (nSPS) is 24.0. The summed E-state index contributed by atoms with van der Waals surface area (Å²) in [7, 11) is 0. The van der Waals surface area contributed by atoms with Crippen LogP contribution in [0.25, 0.3) is 0 Å². The first-order valence-corrected chi connectivity index (χ1v) is 9.87. The molecule has 2 aliphatic rings. The van der Waals surface area contributed by atoms with E-state index in [2.05, 4.69) is 9.88 Å². The second kappa shape index (κ2) is 8.69. The molecule has 0 aliphatic carbocycles. The summed E-state index contributed by atoms with van der Waals surface area (Å²) < 4.78 is 5.76. The van der Waals surface area contributed by atoms with Crippen molar-refractivity contribution in [1.82, 2.24) is 9.88 Å². The number of nitrogens with zero attached hydrogens (tertiary/aromatic N) is 2. The van der Waals surface area contributed by atoms with Crippen molar-refractivity contribution in [3.8, 4) is 0 Å². The topological polar surface area (TPSA) is 42.4 Å². The van der Waals surface area contributed by atoms with Crippen LogP contribution in [0.3, 0.4) is 0 Å². The van der Waals surface area contributed by atoms with Crippen molar-refractivity contribution < 1.29 is 9.53 Å². The zero-order valence-corrected chi connectivity index (χ0v) is 14.5. The van der Waals surface area contributed by atoms with Gasteiger partial charge in [0.1, 0.15) is 0 Å². The van der Waals surface area contributed by atoms with Crippen LogP contribution >= 0.6 is 11.8 Å². The highest BCUT2D eigenvalue weighted by molar-refractivity contribution is 7.99. The van der Waals surface area contributed by atoms with E-state index in [-0.39, 0.29) is 6.10 Å². The molecule has 126 valence electrons. The molecule has 0 saturated carbocycles. The van der Waals surface area contributed by atoms with E-state index in [4.69, 9.17) is 4.74 Å². The van der Waals surface area contributed by atoms with Crippen LogP contribution in [0.2, 0.25) is 0 Å². The van der Waals surface area contributed by atoms with Crippen molar-refractivity contribution in [3.05, 3.63) is 30.1 Å². The predicted molar refractivity (Wildman–Crippen MR) is 93.6 cm³/mol. The highest BCUT2D eigenvalue weighted by atomic mass is 32.2. The summed E-state index contributed by atoms with van der Waals surface area (Å²) in [6.45, 7) is 1.64. The van der Waals surface area contributed by atoms with Gasteiger partial charge in [-0.3, -0.25) is 9.78 Å². The minimum atomic E-state index is 0.250. The van der Waals surface area contributed by atoms with E-state index >= 15 is 0 Å².